The molecule has 2 atom stereocenters. The quantitative estimate of drug-likeness (QED) is 0.719. The van der Waals surface area contributed by atoms with Gasteiger partial charge in [-0.1, -0.05) is 13.8 Å². The van der Waals surface area contributed by atoms with Crippen molar-refractivity contribution in [2.75, 3.05) is 31.6 Å². The molecular weight excluding hydrogens is 332 g/mol. The van der Waals surface area contributed by atoms with Gasteiger partial charge in [-0.25, -0.2) is 0 Å². The molecule has 3 aromatic heterocycles. The number of aromatic nitrogens is 4. The summed E-state index contributed by atoms with van der Waals surface area (Å²) < 4.78 is 1.86. The number of nitrogens with zero attached hydrogens (tertiary/aromatic N) is 6. The molecule has 1 aliphatic heterocycles. The third-order valence-electron chi connectivity index (χ3n) is 5.28. The molecule has 3 aromatic rings. The van der Waals surface area contributed by atoms with E-state index in [1.54, 1.807) is 11.3 Å². The van der Waals surface area contributed by atoms with E-state index in [4.69, 9.17) is 5.10 Å². The molecule has 0 aliphatic carbocycles. The SMILES string of the molecule is CCN1CCC(N(C)c2ccc3nnc(-c4ccsc4)n3n2)C(C)C1. The van der Waals surface area contributed by atoms with Crippen LogP contribution >= 0.6 is 11.3 Å². The summed E-state index contributed by atoms with van der Waals surface area (Å²) in [7, 11) is 2.16. The lowest BCUT2D eigenvalue weighted by atomic mass is 9.92. The van der Waals surface area contributed by atoms with Crippen molar-refractivity contribution < 1.29 is 0 Å². The lowest BCUT2D eigenvalue weighted by Gasteiger charge is -2.41. The topological polar surface area (TPSA) is 49.6 Å². The van der Waals surface area contributed by atoms with Gasteiger partial charge in [-0.05, 0) is 42.5 Å². The summed E-state index contributed by atoms with van der Waals surface area (Å²) in [5, 5.41) is 17.6. The smallest absolute Gasteiger partial charge is 0.186 e. The molecule has 0 N–H and O–H groups in total. The molecular formula is C18H24N6S. The van der Waals surface area contributed by atoms with Crippen LogP contribution in [0.2, 0.25) is 0 Å². The van der Waals surface area contributed by atoms with Crippen molar-refractivity contribution in [2.45, 2.75) is 26.3 Å². The highest BCUT2D eigenvalue weighted by molar-refractivity contribution is 7.08. The molecule has 25 heavy (non-hydrogen) atoms. The normalized spacial score (nSPS) is 21.7. The fourth-order valence-electron chi connectivity index (χ4n) is 3.79. The van der Waals surface area contributed by atoms with E-state index < -0.39 is 0 Å². The average molecular weight is 356 g/mol. The summed E-state index contributed by atoms with van der Waals surface area (Å²) in [5.41, 5.74) is 1.85. The fourth-order valence-corrected chi connectivity index (χ4v) is 4.43. The van der Waals surface area contributed by atoms with Crippen LogP contribution < -0.4 is 4.90 Å². The number of hydrogen-bond donors (Lipinski definition) is 0. The minimum absolute atomic E-state index is 0.508. The van der Waals surface area contributed by atoms with Gasteiger partial charge in [0, 0.05) is 37.1 Å². The summed E-state index contributed by atoms with van der Waals surface area (Å²) in [6, 6.07) is 6.63. The van der Waals surface area contributed by atoms with E-state index in [1.165, 1.54) is 6.42 Å². The van der Waals surface area contributed by atoms with Crippen LogP contribution in [-0.2, 0) is 0 Å². The number of piperidine rings is 1. The second-order valence-electron chi connectivity index (χ2n) is 6.83. The molecule has 0 radical (unpaired) electrons. The standard InChI is InChI=1S/C18H24N6S/c1-4-23-9-7-15(13(2)11-23)22(3)17-6-5-16-19-20-18(24(16)21-17)14-8-10-25-12-14/h5-6,8,10,12-13,15H,4,7,9,11H2,1-3H3. The predicted molar refractivity (Wildman–Crippen MR) is 102 cm³/mol. The first kappa shape index (κ1) is 16.5. The van der Waals surface area contributed by atoms with Crippen molar-refractivity contribution in [1.82, 2.24) is 24.7 Å². The van der Waals surface area contributed by atoms with Gasteiger partial charge in [0.15, 0.2) is 11.5 Å². The number of rotatable bonds is 4. The van der Waals surface area contributed by atoms with Gasteiger partial charge in [-0.3, -0.25) is 0 Å². The van der Waals surface area contributed by atoms with Gasteiger partial charge < -0.3 is 9.80 Å². The molecule has 0 spiro atoms. The van der Waals surface area contributed by atoms with Gasteiger partial charge in [0.1, 0.15) is 5.82 Å². The Kier molecular flexibility index (Phi) is 4.43. The van der Waals surface area contributed by atoms with Crippen LogP contribution in [0.3, 0.4) is 0 Å². The summed E-state index contributed by atoms with van der Waals surface area (Å²) in [4.78, 5) is 4.86. The van der Waals surface area contributed by atoms with Gasteiger partial charge in [-0.2, -0.15) is 15.9 Å². The largest absolute Gasteiger partial charge is 0.355 e. The van der Waals surface area contributed by atoms with Gasteiger partial charge in [0.25, 0.3) is 0 Å². The second-order valence-corrected chi connectivity index (χ2v) is 7.61. The highest BCUT2D eigenvalue weighted by Crippen LogP contribution is 2.26. The fraction of sp³-hybridized carbons (Fsp3) is 0.500. The maximum absolute atomic E-state index is 4.85. The summed E-state index contributed by atoms with van der Waals surface area (Å²) >= 11 is 1.66. The van der Waals surface area contributed by atoms with E-state index in [-0.39, 0.29) is 0 Å². The van der Waals surface area contributed by atoms with Gasteiger partial charge in [0.2, 0.25) is 0 Å². The van der Waals surface area contributed by atoms with E-state index in [2.05, 4.69) is 63.8 Å². The van der Waals surface area contributed by atoms with Crippen LogP contribution in [-0.4, -0.2) is 57.4 Å². The monoisotopic (exact) mass is 356 g/mol. The summed E-state index contributed by atoms with van der Waals surface area (Å²) in [6.07, 6.45) is 1.17. The van der Waals surface area contributed by atoms with E-state index in [1.807, 2.05) is 10.6 Å². The molecule has 4 heterocycles. The highest BCUT2D eigenvalue weighted by atomic mass is 32.1. The molecule has 2 unspecified atom stereocenters. The minimum Gasteiger partial charge on any atom is -0.355 e. The van der Waals surface area contributed by atoms with Gasteiger partial charge in [-0.15, -0.1) is 15.3 Å². The molecule has 0 aromatic carbocycles. The molecule has 6 nitrogen and oxygen atoms in total. The van der Waals surface area contributed by atoms with Gasteiger partial charge >= 0.3 is 0 Å². The van der Waals surface area contributed by atoms with Crippen molar-refractivity contribution in [3.8, 4) is 11.4 Å². The van der Waals surface area contributed by atoms with Crippen LogP contribution in [0.15, 0.2) is 29.0 Å². The zero-order chi connectivity index (χ0) is 17.4. The van der Waals surface area contributed by atoms with Crippen LogP contribution in [0.5, 0.6) is 0 Å². The van der Waals surface area contributed by atoms with Gasteiger partial charge in [0.05, 0.1) is 0 Å². The third kappa shape index (κ3) is 3.02. The lowest BCUT2D eigenvalue weighted by Crippen LogP contribution is -2.49. The van der Waals surface area contributed by atoms with E-state index in [0.29, 0.717) is 12.0 Å². The zero-order valence-corrected chi connectivity index (χ0v) is 15.8. The molecule has 1 fully saturated rings. The molecule has 7 heteroatoms. The number of thiophene rings is 1. The predicted octanol–water partition coefficient (Wildman–Crippen LogP) is 3.02. The number of fused-ring (bicyclic) bond motifs is 1. The maximum atomic E-state index is 4.85. The Morgan fingerprint density at radius 2 is 2.16 bits per heavy atom. The Hall–Kier alpha value is -1.99. The average Bonchev–Trinajstić information content (AvgIpc) is 3.29. The first-order chi connectivity index (χ1) is 12.2. The molecule has 0 bridgehead atoms. The first-order valence-corrected chi connectivity index (χ1v) is 9.82. The number of likely N-dealkylation sites (tertiary alicyclic amines) is 1. The van der Waals surface area contributed by atoms with Crippen molar-refractivity contribution in [3.63, 3.8) is 0 Å². The van der Waals surface area contributed by atoms with E-state index >= 15 is 0 Å². The Bertz CT molecular complexity index is 843. The Morgan fingerprint density at radius 1 is 1.28 bits per heavy atom. The number of anilines is 1. The highest BCUT2D eigenvalue weighted by Gasteiger charge is 2.29. The molecule has 0 amide bonds. The molecule has 1 aliphatic rings. The van der Waals surface area contributed by atoms with Crippen LogP contribution in [0.4, 0.5) is 5.82 Å². The maximum Gasteiger partial charge on any atom is 0.186 e. The number of hydrogen-bond acceptors (Lipinski definition) is 6. The minimum atomic E-state index is 0.508. The molecule has 1 saturated heterocycles. The van der Waals surface area contributed by atoms with Crippen molar-refractivity contribution in [2.24, 2.45) is 5.92 Å². The van der Waals surface area contributed by atoms with Crippen molar-refractivity contribution in [1.29, 1.82) is 0 Å². The Balaban J connectivity index is 1.64. The van der Waals surface area contributed by atoms with Crippen LogP contribution in [0.1, 0.15) is 20.3 Å². The molecule has 0 saturated carbocycles. The van der Waals surface area contributed by atoms with E-state index in [9.17, 15) is 0 Å². The lowest BCUT2D eigenvalue weighted by molar-refractivity contribution is 0.169. The molecule has 4 rings (SSSR count). The first-order valence-electron chi connectivity index (χ1n) is 8.87. The second kappa shape index (κ2) is 6.72. The van der Waals surface area contributed by atoms with Crippen LogP contribution in [0.25, 0.3) is 17.0 Å². The van der Waals surface area contributed by atoms with E-state index in [0.717, 1.165) is 42.5 Å². The van der Waals surface area contributed by atoms with Crippen molar-refractivity contribution >= 4 is 22.8 Å². The molecule has 132 valence electrons. The van der Waals surface area contributed by atoms with Crippen LogP contribution in [0, 0.1) is 5.92 Å². The third-order valence-corrected chi connectivity index (χ3v) is 5.96. The Morgan fingerprint density at radius 3 is 2.88 bits per heavy atom. The van der Waals surface area contributed by atoms with Crippen molar-refractivity contribution in [3.05, 3.63) is 29.0 Å². The summed E-state index contributed by atoms with van der Waals surface area (Å²) in [6.45, 7) is 8.03. The Labute approximate surface area is 152 Å². The zero-order valence-electron chi connectivity index (χ0n) is 15.0. The summed E-state index contributed by atoms with van der Waals surface area (Å²) in [5.74, 6) is 2.40.